The van der Waals surface area contributed by atoms with Crippen LogP contribution in [0.5, 0.6) is 0 Å². The first-order valence-corrected chi connectivity index (χ1v) is 29.2. The zero-order valence-electron chi connectivity index (χ0n) is 45.8. The van der Waals surface area contributed by atoms with Crippen LogP contribution in [-0.2, 0) is 0 Å². The molecule has 0 saturated carbocycles. The molecular formula is C77H43N7OS. The molecule has 6 heterocycles. The molecule has 0 bridgehead atoms. The van der Waals surface area contributed by atoms with Gasteiger partial charge >= 0.3 is 0 Å². The minimum absolute atomic E-state index is 0.381. The third-order valence-corrected chi connectivity index (χ3v) is 18.0. The quantitative estimate of drug-likeness (QED) is 0.170. The van der Waals surface area contributed by atoms with Crippen molar-refractivity contribution in [2.45, 2.75) is 0 Å². The molecule has 6 aromatic heterocycles. The van der Waals surface area contributed by atoms with Crippen molar-refractivity contribution < 1.29 is 4.42 Å². The molecule has 18 rings (SSSR count). The maximum Gasteiger partial charge on any atom is 0.161 e. The largest absolute Gasteiger partial charge is 0.455 e. The van der Waals surface area contributed by atoms with Crippen LogP contribution in [0.1, 0.15) is 11.3 Å². The summed E-state index contributed by atoms with van der Waals surface area (Å²) in [5.74, 6) is 1.29. The van der Waals surface area contributed by atoms with Gasteiger partial charge in [0.2, 0.25) is 0 Å². The maximum absolute atomic E-state index is 10.0. The molecule has 0 fully saturated rings. The molecule has 18 aromatic rings. The molecule has 0 radical (unpaired) electrons. The van der Waals surface area contributed by atoms with Crippen molar-refractivity contribution in [3.05, 3.63) is 272 Å². The van der Waals surface area contributed by atoms with Crippen LogP contribution in [0.15, 0.2) is 265 Å². The Morgan fingerprint density at radius 2 is 0.988 bits per heavy atom. The van der Waals surface area contributed by atoms with Gasteiger partial charge in [0.15, 0.2) is 11.5 Å². The van der Waals surface area contributed by atoms with Gasteiger partial charge in [-0.2, -0.15) is 10.5 Å². The van der Waals surface area contributed by atoms with Gasteiger partial charge < -0.3 is 8.98 Å². The number of nitrogens with zero attached hydrogens (tertiary/aromatic N) is 7. The van der Waals surface area contributed by atoms with Gasteiger partial charge in [0.05, 0.1) is 44.7 Å². The topological polar surface area (TPSA) is 109 Å². The summed E-state index contributed by atoms with van der Waals surface area (Å²) in [4.78, 5) is 14.4. The fourth-order valence-corrected chi connectivity index (χ4v) is 14.1. The lowest BCUT2D eigenvalue weighted by atomic mass is 9.99. The second-order valence-electron chi connectivity index (χ2n) is 21.7. The fourth-order valence-electron chi connectivity index (χ4n) is 12.9. The molecule has 8 nitrogen and oxygen atoms in total. The maximum atomic E-state index is 10.0. The summed E-state index contributed by atoms with van der Waals surface area (Å²) in [5, 5.41) is 33.4. The monoisotopic (exact) mass is 1110 g/mol. The highest BCUT2D eigenvalue weighted by molar-refractivity contribution is 7.25. The van der Waals surface area contributed by atoms with E-state index in [1.54, 1.807) is 0 Å². The van der Waals surface area contributed by atoms with Crippen LogP contribution in [0.3, 0.4) is 0 Å². The summed E-state index contributed by atoms with van der Waals surface area (Å²) in [6.07, 6.45) is 0. The number of rotatable bonds is 5. The Balaban J connectivity index is 0.000000135. The van der Waals surface area contributed by atoms with Crippen LogP contribution < -0.4 is 0 Å². The zero-order chi connectivity index (χ0) is 57.0. The van der Waals surface area contributed by atoms with Gasteiger partial charge in [0, 0.05) is 80.1 Å². The van der Waals surface area contributed by atoms with Gasteiger partial charge in [-0.1, -0.05) is 158 Å². The van der Waals surface area contributed by atoms with Crippen molar-refractivity contribution >= 4 is 130 Å². The predicted molar refractivity (Wildman–Crippen MR) is 353 cm³/mol. The van der Waals surface area contributed by atoms with Crippen molar-refractivity contribution in [1.29, 1.82) is 10.5 Å². The van der Waals surface area contributed by atoms with Gasteiger partial charge in [0.1, 0.15) is 23.1 Å². The highest BCUT2D eigenvalue weighted by atomic mass is 32.1. The first-order valence-electron chi connectivity index (χ1n) is 28.4. The van der Waals surface area contributed by atoms with Crippen LogP contribution in [0.2, 0.25) is 0 Å². The minimum atomic E-state index is 0.381. The molecule has 86 heavy (non-hydrogen) atoms. The lowest BCUT2D eigenvalue weighted by Gasteiger charge is -2.10. The molecule has 0 unspecified atom stereocenters. The van der Waals surface area contributed by atoms with E-state index in [9.17, 15) is 10.5 Å². The number of pyridine rings is 1. The number of benzene rings is 12. The second-order valence-corrected chi connectivity index (χ2v) is 22.7. The third kappa shape index (κ3) is 7.70. The lowest BCUT2D eigenvalue weighted by Crippen LogP contribution is -1.99. The van der Waals surface area contributed by atoms with E-state index in [1.807, 2.05) is 90.2 Å². The highest BCUT2D eigenvalue weighted by Gasteiger charge is 2.21. The standard InChI is InChI=1S/C39H22N4O.C38H21N3S/c40-23-34-31-10-1-4-13-33(31)41-39(42-34)24-16-19-26(20-17-24)43-35-14-5-2-8-28(35)32-22-25(18-21-36(32)43)27-11-7-12-30-29-9-3-6-15-37(29)44-38(27)30;39-22-26-21-37(40-32-11-5-3-8-27(26)32)41-33-17-15-24(19-31(33)38-28-9-2-1-7-23(28)14-18-34(38)41)25-13-16-30-29-10-4-6-12-35(29)42-36(30)20-25/h1-22H;1-21H. The van der Waals surface area contributed by atoms with E-state index < -0.39 is 0 Å². The SMILES string of the molecule is N#Cc1cc(-n2c3ccc(-c4ccc5c(c4)sc4ccccc45)cc3c3c4ccccc4ccc32)nc2ccccc12.N#Cc1nc(-c2ccc(-n3c4ccccc4c4cc(-c5cccc6c5oc5ccccc56)ccc43)cc2)nc2ccccc12. The lowest BCUT2D eigenvalue weighted by molar-refractivity contribution is 0.670. The molecule has 0 aliphatic carbocycles. The van der Waals surface area contributed by atoms with Crippen LogP contribution in [-0.4, -0.2) is 24.1 Å². The van der Waals surface area contributed by atoms with Crippen LogP contribution >= 0.6 is 11.3 Å². The molecule has 0 saturated heterocycles. The summed E-state index contributed by atoms with van der Waals surface area (Å²) >= 11 is 1.85. The summed E-state index contributed by atoms with van der Waals surface area (Å²) < 4.78 is 13.5. The summed E-state index contributed by atoms with van der Waals surface area (Å²) in [5.41, 5.74) is 15.2. The molecule has 0 atom stereocenters. The van der Waals surface area contributed by atoms with E-state index >= 15 is 0 Å². The van der Waals surface area contributed by atoms with Crippen molar-refractivity contribution in [3.63, 3.8) is 0 Å². The molecule has 398 valence electrons. The fraction of sp³-hybridized carbons (Fsp3) is 0. The van der Waals surface area contributed by atoms with E-state index in [0.29, 0.717) is 17.1 Å². The van der Waals surface area contributed by atoms with Gasteiger partial charge in [-0.15, -0.1) is 11.3 Å². The number of furan rings is 1. The van der Waals surface area contributed by atoms with E-state index in [2.05, 4.69) is 208 Å². The number of nitriles is 2. The van der Waals surface area contributed by atoms with Crippen molar-refractivity contribution in [1.82, 2.24) is 24.1 Å². The average Bonchev–Trinajstić information content (AvgIpc) is 1.72. The van der Waals surface area contributed by atoms with Gasteiger partial charge in [-0.25, -0.2) is 15.0 Å². The van der Waals surface area contributed by atoms with Crippen molar-refractivity contribution in [3.8, 4) is 57.3 Å². The Bertz CT molecular complexity index is 5950. The molecule has 0 N–H and O–H groups in total. The van der Waals surface area contributed by atoms with E-state index in [-0.39, 0.29) is 0 Å². The smallest absolute Gasteiger partial charge is 0.161 e. The van der Waals surface area contributed by atoms with Crippen LogP contribution in [0.4, 0.5) is 0 Å². The van der Waals surface area contributed by atoms with Gasteiger partial charge in [-0.05, 0) is 131 Å². The number of hydrogen-bond donors (Lipinski definition) is 0. The molecule has 0 spiro atoms. The number of aromatic nitrogens is 5. The normalized spacial score (nSPS) is 11.7. The Labute approximate surface area is 495 Å². The molecule has 9 heteroatoms. The van der Waals surface area contributed by atoms with Gasteiger partial charge in [0.25, 0.3) is 0 Å². The van der Waals surface area contributed by atoms with Crippen molar-refractivity contribution in [2.75, 3.05) is 0 Å². The average molecular weight is 1110 g/mol. The number of para-hydroxylation sites is 5. The zero-order valence-corrected chi connectivity index (χ0v) is 46.6. The van der Waals surface area contributed by atoms with Crippen LogP contribution in [0.25, 0.3) is 163 Å². The Kier molecular flexibility index (Phi) is 11.1. The highest BCUT2D eigenvalue weighted by Crippen LogP contribution is 2.43. The Hall–Kier alpha value is -11.8. The predicted octanol–water partition coefficient (Wildman–Crippen LogP) is 20.2. The van der Waals surface area contributed by atoms with E-state index in [0.717, 1.165) is 94.0 Å². The molecule has 0 aliphatic rings. The summed E-state index contributed by atoms with van der Waals surface area (Å²) in [6, 6.07) is 95.1. The summed E-state index contributed by atoms with van der Waals surface area (Å²) in [7, 11) is 0. The molecule has 0 aliphatic heterocycles. The molecule has 0 amide bonds. The second kappa shape index (κ2) is 19.4. The Morgan fingerprint density at radius 1 is 0.372 bits per heavy atom. The molecule has 12 aromatic carbocycles. The van der Waals surface area contributed by atoms with Crippen LogP contribution in [0, 0.1) is 22.7 Å². The van der Waals surface area contributed by atoms with E-state index in [4.69, 9.17) is 14.4 Å². The third-order valence-electron chi connectivity index (χ3n) is 16.9. The van der Waals surface area contributed by atoms with Crippen molar-refractivity contribution in [2.24, 2.45) is 0 Å². The number of fused-ring (bicyclic) bond motifs is 16. The first kappa shape index (κ1) is 48.9. The number of thiophene rings is 1. The summed E-state index contributed by atoms with van der Waals surface area (Å²) in [6.45, 7) is 0. The minimum Gasteiger partial charge on any atom is -0.455 e. The van der Waals surface area contributed by atoms with E-state index in [1.165, 1.54) is 63.6 Å². The number of hydrogen-bond acceptors (Lipinski definition) is 7. The Morgan fingerprint density at radius 3 is 1.83 bits per heavy atom. The molecular weight excluding hydrogens is 1070 g/mol. The van der Waals surface area contributed by atoms with Gasteiger partial charge in [-0.3, -0.25) is 4.57 Å². The first-order chi connectivity index (χ1) is 42.5.